The SMILES string of the molecule is Cc1cc(OCC(=O)Nc2ccc(Cl)c(C(F)(F)F)c2)nc(N2CCCCC2)n1. The number of rotatable bonds is 5. The Morgan fingerprint density at radius 2 is 1.93 bits per heavy atom. The van der Waals surface area contributed by atoms with Gasteiger partial charge in [-0.15, -0.1) is 0 Å². The zero-order valence-corrected chi connectivity index (χ0v) is 16.5. The third kappa shape index (κ3) is 5.72. The van der Waals surface area contributed by atoms with Crippen LogP contribution in [0.25, 0.3) is 0 Å². The van der Waals surface area contributed by atoms with Crippen molar-refractivity contribution >= 4 is 29.1 Å². The van der Waals surface area contributed by atoms with Gasteiger partial charge >= 0.3 is 6.18 Å². The lowest BCUT2D eigenvalue weighted by atomic mass is 10.1. The van der Waals surface area contributed by atoms with Crippen LogP contribution < -0.4 is 15.0 Å². The number of nitrogens with zero attached hydrogens (tertiary/aromatic N) is 3. The Morgan fingerprint density at radius 3 is 2.62 bits per heavy atom. The standard InChI is InChI=1S/C19H20ClF3N4O2/c1-12-9-17(26-18(24-12)27-7-3-2-4-8-27)29-11-16(28)25-13-5-6-15(20)14(10-13)19(21,22)23/h5-6,9-10H,2-4,7-8,11H2,1H3,(H,25,28). The summed E-state index contributed by atoms with van der Waals surface area (Å²) >= 11 is 5.58. The number of hydrogen-bond acceptors (Lipinski definition) is 5. The van der Waals surface area contributed by atoms with Gasteiger partial charge in [0.05, 0.1) is 10.6 Å². The average molecular weight is 429 g/mol. The quantitative estimate of drug-likeness (QED) is 0.761. The van der Waals surface area contributed by atoms with Crippen LogP contribution in [0.3, 0.4) is 0 Å². The van der Waals surface area contributed by atoms with Gasteiger partial charge in [0.2, 0.25) is 11.8 Å². The number of benzene rings is 1. The molecule has 1 aliphatic heterocycles. The zero-order chi connectivity index (χ0) is 21.0. The molecular formula is C19H20ClF3N4O2. The molecule has 2 heterocycles. The van der Waals surface area contributed by atoms with Crippen LogP contribution in [-0.4, -0.2) is 35.6 Å². The predicted molar refractivity (Wildman–Crippen MR) is 103 cm³/mol. The van der Waals surface area contributed by atoms with Crippen molar-refractivity contribution in [3.63, 3.8) is 0 Å². The number of ether oxygens (including phenoxy) is 1. The van der Waals surface area contributed by atoms with Crippen LogP contribution in [0.2, 0.25) is 5.02 Å². The first kappa shape index (κ1) is 21.2. The van der Waals surface area contributed by atoms with E-state index in [1.165, 1.54) is 12.5 Å². The molecule has 10 heteroatoms. The number of halogens is 4. The fourth-order valence-electron chi connectivity index (χ4n) is 2.99. The van der Waals surface area contributed by atoms with E-state index in [0.717, 1.165) is 38.1 Å². The van der Waals surface area contributed by atoms with Crippen LogP contribution in [0.15, 0.2) is 24.3 Å². The van der Waals surface area contributed by atoms with Crippen molar-refractivity contribution in [2.24, 2.45) is 0 Å². The molecule has 1 aromatic heterocycles. The van der Waals surface area contributed by atoms with Gasteiger partial charge in [0.1, 0.15) is 0 Å². The average Bonchev–Trinajstić information content (AvgIpc) is 2.67. The van der Waals surface area contributed by atoms with Crippen molar-refractivity contribution in [1.82, 2.24) is 9.97 Å². The van der Waals surface area contributed by atoms with Crippen LogP contribution in [0.1, 0.15) is 30.5 Å². The molecule has 156 valence electrons. The molecule has 0 saturated carbocycles. The summed E-state index contributed by atoms with van der Waals surface area (Å²) in [6.45, 7) is 3.12. The molecule has 0 atom stereocenters. The third-order valence-corrected chi connectivity index (χ3v) is 4.69. The second-order valence-corrected chi connectivity index (χ2v) is 7.13. The summed E-state index contributed by atoms with van der Waals surface area (Å²) < 4.78 is 44.2. The Kier molecular flexibility index (Phi) is 6.46. The molecule has 6 nitrogen and oxygen atoms in total. The molecule has 1 saturated heterocycles. The van der Waals surface area contributed by atoms with Crippen LogP contribution in [0.5, 0.6) is 5.88 Å². The van der Waals surface area contributed by atoms with E-state index in [4.69, 9.17) is 16.3 Å². The molecule has 1 N–H and O–H groups in total. The Labute approximate surface area is 171 Å². The molecule has 1 fully saturated rings. The van der Waals surface area contributed by atoms with Crippen molar-refractivity contribution in [3.05, 3.63) is 40.5 Å². The van der Waals surface area contributed by atoms with Gasteiger partial charge < -0.3 is 15.0 Å². The molecule has 0 spiro atoms. The summed E-state index contributed by atoms with van der Waals surface area (Å²) in [6, 6.07) is 4.76. The van der Waals surface area contributed by atoms with Gasteiger partial charge in [-0.05, 0) is 44.4 Å². The van der Waals surface area contributed by atoms with Gasteiger partial charge in [0.25, 0.3) is 5.91 Å². The number of amides is 1. The van der Waals surface area contributed by atoms with Crippen LogP contribution in [-0.2, 0) is 11.0 Å². The topological polar surface area (TPSA) is 67.3 Å². The molecule has 0 aliphatic carbocycles. The van der Waals surface area contributed by atoms with E-state index in [1.54, 1.807) is 13.0 Å². The zero-order valence-electron chi connectivity index (χ0n) is 15.7. The van der Waals surface area contributed by atoms with Crippen molar-refractivity contribution in [1.29, 1.82) is 0 Å². The fourth-order valence-corrected chi connectivity index (χ4v) is 3.22. The Morgan fingerprint density at radius 1 is 1.21 bits per heavy atom. The van der Waals surface area contributed by atoms with E-state index in [1.807, 2.05) is 0 Å². The van der Waals surface area contributed by atoms with Crippen molar-refractivity contribution in [2.75, 3.05) is 29.9 Å². The largest absolute Gasteiger partial charge is 0.467 e. The number of carbonyl (C=O) groups is 1. The molecule has 0 radical (unpaired) electrons. The van der Waals surface area contributed by atoms with E-state index >= 15 is 0 Å². The van der Waals surface area contributed by atoms with E-state index in [9.17, 15) is 18.0 Å². The highest BCUT2D eigenvalue weighted by atomic mass is 35.5. The molecule has 0 unspecified atom stereocenters. The molecule has 1 aliphatic rings. The number of nitrogens with one attached hydrogen (secondary N) is 1. The maximum atomic E-state index is 12.9. The number of anilines is 2. The third-order valence-electron chi connectivity index (χ3n) is 4.36. The number of alkyl halides is 3. The maximum absolute atomic E-state index is 12.9. The second-order valence-electron chi connectivity index (χ2n) is 6.72. The van der Waals surface area contributed by atoms with Gasteiger partial charge in [0.15, 0.2) is 6.61 Å². The number of piperidine rings is 1. The predicted octanol–water partition coefficient (Wildman–Crippen LogP) is 4.47. The van der Waals surface area contributed by atoms with Crippen LogP contribution >= 0.6 is 11.6 Å². The van der Waals surface area contributed by atoms with E-state index in [-0.39, 0.29) is 11.6 Å². The van der Waals surface area contributed by atoms with Crippen molar-refractivity contribution in [3.8, 4) is 5.88 Å². The molecule has 29 heavy (non-hydrogen) atoms. The van der Waals surface area contributed by atoms with Gasteiger partial charge in [0, 0.05) is 30.5 Å². The minimum atomic E-state index is -4.61. The minimum absolute atomic E-state index is 0.0248. The number of carbonyl (C=O) groups excluding carboxylic acids is 1. The maximum Gasteiger partial charge on any atom is 0.417 e. The van der Waals surface area contributed by atoms with Crippen molar-refractivity contribution < 1.29 is 22.7 Å². The summed E-state index contributed by atoms with van der Waals surface area (Å²) in [5.41, 5.74) is -0.345. The molecule has 1 aromatic carbocycles. The van der Waals surface area contributed by atoms with E-state index in [0.29, 0.717) is 11.6 Å². The smallest absolute Gasteiger partial charge is 0.417 e. The lowest BCUT2D eigenvalue weighted by Gasteiger charge is -2.26. The number of aromatic nitrogens is 2. The lowest BCUT2D eigenvalue weighted by Crippen LogP contribution is -2.31. The van der Waals surface area contributed by atoms with Crippen LogP contribution in [0.4, 0.5) is 24.8 Å². The summed E-state index contributed by atoms with van der Waals surface area (Å²) in [5, 5.41) is 1.93. The molecule has 2 aromatic rings. The number of aryl methyl sites for hydroxylation is 1. The van der Waals surface area contributed by atoms with Gasteiger partial charge in [-0.3, -0.25) is 4.79 Å². The summed E-state index contributed by atoms with van der Waals surface area (Å²) in [6.07, 6.45) is -1.31. The Bertz CT molecular complexity index is 886. The summed E-state index contributed by atoms with van der Waals surface area (Å²) in [5.74, 6) is 0.171. The molecule has 3 rings (SSSR count). The Balaban J connectivity index is 1.63. The highest BCUT2D eigenvalue weighted by molar-refractivity contribution is 6.31. The summed E-state index contributed by atoms with van der Waals surface area (Å²) in [7, 11) is 0. The molecular weight excluding hydrogens is 409 g/mol. The molecule has 0 bridgehead atoms. The monoisotopic (exact) mass is 428 g/mol. The highest BCUT2D eigenvalue weighted by Crippen LogP contribution is 2.36. The van der Waals surface area contributed by atoms with Gasteiger partial charge in [-0.25, -0.2) is 4.98 Å². The van der Waals surface area contributed by atoms with Gasteiger partial charge in [-0.2, -0.15) is 18.2 Å². The fraction of sp³-hybridized carbons (Fsp3) is 0.421. The molecule has 1 amide bonds. The minimum Gasteiger partial charge on any atom is -0.467 e. The normalized spacial score (nSPS) is 14.6. The van der Waals surface area contributed by atoms with Crippen LogP contribution in [0, 0.1) is 6.92 Å². The first-order valence-corrected chi connectivity index (χ1v) is 9.50. The number of hydrogen-bond donors (Lipinski definition) is 1. The Hall–Kier alpha value is -2.55. The van der Waals surface area contributed by atoms with E-state index in [2.05, 4.69) is 20.2 Å². The van der Waals surface area contributed by atoms with Gasteiger partial charge in [-0.1, -0.05) is 11.6 Å². The first-order valence-electron chi connectivity index (χ1n) is 9.12. The summed E-state index contributed by atoms with van der Waals surface area (Å²) in [4.78, 5) is 22.9. The van der Waals surface area contributed by atoms with Crippen molar-refractivity contribution in [2.45, 2.75) is 32.4 Å². The van der Waals surface area contributed by atoms with E-state index < -0.39 is 29.3 Å². The highest BCUT2D eigenvalue weighted by Gasteiger charge is 2.33. The first-order chi connectivity index (χ1) is 13.7. The lowest BCUT2D eigenvalue weighted by molar-refractivity contribution is -0.137. The second kappa shape index (κ2) is 8.86.